The minimum Gasteiger partial charge on any atom is -0.463 e. The quantitative estimate of drug-likeness (QED) is 0.184. The first-order chi connectivity index (χ1) is 13.7. The Kier molecular flexibility index (Phi) is 15.6. The fourth-order valence-electron chi connectivity index (χ4n) is 3.30. The Morgan fingerprint density at radius 2 is 1.36 bits per heavy atom. The van der Waals surface area contributed by atoms with Crippen molar-refractivity contribution in [2.45, 2.75) is 103 Å². The maximum Gasteiger partial charge on any atom is 0.331 e. The Bertz CT molecular complexity index is 427. The molecule has 0 saturated carbocycles. The standard InChI is InChI=1S/C23H40O5/c1-2-3-4-5-6-7-8-9-10-11-12-13-18-27-22(24)16-17-23(25)28-20-21-15-14-19-26-21/h16-17,21H,2-15,18-20H2,1H3/b17-16+. The molecular formula is C23H40O5. The summed E-state index contributed by atoms with van der Waals surface area (Å²) < 4.78 is 15.5. The molecule has 5 nitrogen and oxygen atoms in total. The summed E-state index contributed by atoms with van der Waals surface area (Å²) in [6.45, 7) is 3.63. The van der Waals surface area contributed by atoms with Crippen molar-refractivity contribution >= 4 is 11.9 Å². The van der Waals surface area contributed by atoms with Crippen molar-refractivity contribution in [2.24, 2.45) is 0 Å². The van der Waals surface area contributed by atoms with Gasteiger partial charge in [0, 0.05) is 18.8 Å². The topological polar surface area (TPSA) is 61.8 Å². The summed E-state index contributed by atoms with van der Waals surface area (Å²) in [4.78, 5) is 23.1. The zero-order valence-corrected chi connectivity index (χ0v) is 17.8. The van der Waals surface area contributed by atoms with Crippen LogP contribution in [0.4, 0.5) is 0 Å². The van der Waals surface area contributed by atoms with Gasteiger partial charge in [0.1, 0.15) is 6.61 Å². The summed E-state index contributed by atoms with van der Waals surface area (Å²) in [6.07, 6.45) is 19.5. The number of unbranched alkanes of at least 4 members (excludes halogenated alkanes) is 11. The highest BCUT2D eigenvalue weighted by Gasteiger charge is 2.16. The molecule has 1 rings (SSSR count). The van der Waals surface area contributed by atoms with Crippen molar-refractivity contribution in [3.8, 4) is 0 Å². The Labute approximate surface area is 171 Å². The van der Waals surface area contributed by atoms with E-state index >= 15 is 0 Å². The SMILES string of the molecule is CCCCCCCCCCCCCCOC(=O)/C=C/C(=O)OCC1CCCO1. The molecule has 1 atom stereocenters. The normalized spacial score (nSPS) is 16.5. The molecule has 1 saturated heterocycles. The van der Waals surface area contributed by atoms with E-state index in [-0.39, 0.29) is 12.7 Å². The number of hydrogen-bond donors (Lipinski definition) is 0. The molecule has 1 aliphatic heterocycles. The van der Waals surface area contributed by atoms with Crippen LogP contribution in [0.5, 0.6) is 0 Å². The average molecular weight is 397 g/mol. The van der Waals surface area contributed by atoms with Gasteiger partial charge in [-0.25, -0.2) is 9.59 Å². The second-order valence-corrected chi connectivity index (χ2v) is 7.65. The highest BCUT2D eigenvalue weighted by Crippen LogP contribution is 2.13. The van der Waals surface area contributed by atoms with Crippen LogP contribution < -0.4 is 0 Å². The zero-order chi connectivity index (χ0) is 20.3. The van der Waals surface area contributed by atoms with Gasteiger partial charge >= 0.3 is 11.9 Å². The van der Waals surface area contributed by atoms with Gasteiger partial charge in [0.25, 0.3) is 0 Å². The molecule has 0 N–H and O–H groups in total. The Morgan fingerprint density at radius 1 is 0.821 bits per heavy atom. The number of carbonyl (C=O) groups is 2. The molecule has 0 amide bonds. The number of carbonyl (C=O) groups excluding carboxylic acids is 2. The largest absolute Gasteiger partial charge is 0.463 e. The van der Waals surface area contributed by atoms with Crippen molar-refractivity contribution in [1.29, 1.82) is 0 Å². The minimum atomic E-state index is -0.530. The minimum absolute atomic E-state index is 0.00454. The van der Waals surface area contributed by atoms with E-state index < -0.39 is 11.9 Å². The van der Waals surface area contributed by atoms with Crippen LogP contribution >= 0.6 is 0 Å². The van der Waals surface area contributed by atoms with Crippen molar-refractivity contribution in [3.05, 3.63) is 12.2 Å². The number of hydrogen-bond acceptors (Lipinski definition) is 5. The van der Waals surface area contributed by atoms with Crippen LogP contribution in [0.2, 0.25) is 0 Å². The van der Waals surface area contributed by atoms with E-state index in [1.807, 2.05) is 0 Å². The predicted octanol–water partition coefficient (Wildman–Crippen LogP) is 5.51. The van der Waals surface area contributed by atoms with E-state index in [0.29, 0.717) is 6.61 Å². The third-order valence-electron chi connectivity index (χ3n) is 5.03. The van der Waals surface area contributed by atoms with Gasteiger partial charge in [-0.1, -0.05) is 77.6 Å². The third-order valence-corrected chi connectivity index (χ3v) is 5.03. The van der Waals surface area contributed by atoms with Gasteiger partial charge < -0.3 is 14.2 Å². The summed E-state index contributed by atoms with van der Waals surface area (Å²) in [5, 5.41) is 0. The van der Waals surface area contributed by atoms with Crippen molar-refractivity contribution < 1.29 is 23.8 Å². The summed E-state index contributed by atoms with van der Waals surface area (Å²) in [6, 6.07) is 0. The van der Waals surface area contributed by atoms with Crippen LogP contribution in [0.15, 0.2) is 12.2 Å². The average Bonchev–Trinajstić information content (AvgIpc) is 3.22. The lowest BCUT2D eigenvalue weighted by atomic mass is 10.1. The second-order valence-electron chi connectivity index (χ2n) is 7.65. The van der Waals surface area contributed by atoms with Gasteiger partial charge in [-0.15, -0.1) is 0 Å². The van der Waals surface area contributed by atoms with Crippen LogP contribution in [-0.2, 0) is 23.8 Å². The van der Waals surface area contributed by atoms with E-state index in [1.54, 1.807) is 0 Å². The first-order valence-electron chi connectivity index (χ1n) is 11.4. The molecular weight excluding hydrogens is 356 g/mol. The molecule has 1 unspecified atom stereocenters. The molecule has 0 aliphatic carbocycles. The highest BCUT2D eigenvalue weighted by atomic mass is 16.6. The lowest BCUT2D eigenvalue weighted by Crippen LogP contribution is -2.16. The van der Waals surface area contributed by atoms with Gasteiger partial charge in [-0.05, 0) is 19.3 Å². The Hall–Kier alpha value is -1.36. The third kappa shape index (κ3) is 14.7. The lowest BCUT2D eigenvalue weighted by molar-refractivity contribution is -0.142. The molecule has 0 aromatic heterocycles. The van der Waals surface area contributed by atoms with Crippen LogP contribution in [0.25, 0.3) is 0 Å². The molecule has 28 heavy (non-hydrogen) atoms. The van der Waals surface area contributed by atoms with Gasteiger partial charge in [0.15, 0.2) is 0 Å². The Morgan fingerprint density at radius 3 is 1.89 bits per heavy atom. The molecule has 162 valence electrons. The Balaban J connectivity index is 1.84. The maximum absolute atomic E-state index is 11.6. The number of rotatable bonds is 17. The number of esters is 2. The van der Waals surface area contributed by atoms with Crippen LogP contribution in [0.1, 0.15) is 96.8 Å². The molecule has 0 radical (unpaired) electrons. The predicted molar refractivity (Wildman–Crippen MR) is 111 cm³/mol. The van der Waals surface area contributed by atoms with E-state index in [9.17, 15) is 9.59 Å². The van der Waals surface area contributed by atoms with E-state index in [1.165, 1.54) is 64.2 Å². The molecule has 0 bridgehead atoms. The van der Waals surface area contributed by atoms with E-state index in [2.05, 4.69) is 6.92 Å². The van der Waals surface area contributed by atoms with Crippen molar-refractivity contribution in [2.75, 3.05) is 19.8 Å². The van der Waals surface area contributed by atoms with Gasteiger partial charge in [0.2, 0.25) is 0 Å². The summed E-state index contributed by atoms with van der Waals surface area (Å²) in [7, 11) is 0. The lowest BCUT2D eigenvalue weighted by Gasteiger charge is -2.08. The van der Waals surface area contributed by atoms with Gasteiger partial charge in [-0.3, -0.25) is 0 Å². The monoisotopic (exact) mass is 396 g/mol. The molecule has 1 aliphatic rings. The van der Waals surface area contributed by atoms with Crippen molar-refractivity contribution in [3.63, 3.8) is 0 Å². The van der Waals surface area contributed by atoms with Gasteiger partial charge in [-0.2, -0.15) is 0 Å². The summed E-state index contributed by atoms with van der Waals surface area (Å²) in [5.41, 5.74) is 0. The highest BCUT2D eigenvalue weighted by molar-refractivity contribution is 5.91. The number of ether oxygens (including phenoxy) is 3. The second kappa shape index (κ2) is 17.7. The zero-order valence-electron chi connectivity index (χ0n) is 17.8. The first-order valence-corrected chi connectivity index (χ1v) is 11.4. The van der Waals surface area contributed by atoms with E-state index in [0.717, 1.165) is 44.4 Å². The van der Waals surface area contributed by atoms with Crippen LogP contribution in [-0.4, -0.2) is 37.9 Å². The van der Waals surface area contributed by atoms with Crippen molar-refractivity contribution in [1.82, 2.24) is 0 Å². The maximum atomic E-state index is 11.6. The molecule has 1 heterocycles. The fourth-order valence-corrected chi connectivity index (χ4v) is 3.30. The first kappa shape index (κ1) is 24.7. The molecule has 0 aromatic rings. The van der Waals surface area contributed by atoms with E-state index in [4.69, 9.17) is 14.2 Å². The fraction of sp³-hybridized carbons (Fsp3) is 0.826. The molecule has 0 aromatic carbocycles. The summed E-state index contributed by atoms with van der Waals surface area (Å²) in [5.74, 6) is -1.02. The van der Waals surface area contributed by atoms with Gasteiger partial charge in [0.05, 0.1) is 12.7 Å². The summed E-state index contributed by atoms with van der Waals surface area (Å²) >= 11 is 0. The smallest absolute Gasteiger partial charge is 0.331 e. The molecule has 0 spiro atoms. The van der Waals surface area contributed by atoms with Crippen LogP contribution in [0, 0.1) is 0 Å². The van der Waals surface area contributed by atoms with Crippen LogP contribution in [0.3, 0.4) is 0 Å². The molecule has 5 heteroatoms. The molecule has 1 fully saturated rings.